The third kappa shape index (κ3) is 2.50. The molecule has 3 N–H and O–H groups in total. The number of hydrogen-bond acceptors (Lipinski definition) is 5. The first kappa shape index (κ1) is 13.7. The van der Waals surface area contributed by atoms with Crippen LogP contribution in [0.1, 0.15) is 12.8 Å². The molecule has 3 aromatic rings. The summed E-state index contributed by atoms with van der Waals surface area (Å²) in [6, 6.07) is 3.77. The molecule has 0 atom stereocenters. The second-order valence-corrected chi connectivity index (χ2v) is 5.62. The van der Waals surface area contributed by atoms with Gasteiger partial charge in [-0.15, -0.1) is 0 Å². The van der Waals surface area contributed by atoms with Crippen molar-refractivity contribution in [3.63, 3.8) is 0 Å². The molecule has 1 saturated carbocycles. The van der Waals surface area contributed by atoms with E-state index in [1.165, 1.54) is 0 Å². The summed E-state index contributed by atoms with van der Waals surface area (Å²) in [5, 5.41) is 14.8. The molecule has 0 aliphatic heterocycles. The van der Waals surface area contributed by atoms with Crippen molar-refractivity contribution in [3.8, 4) is 11.3 Å². The maximum atomic E-state index is 12.0. The van der Waals surface area contributed by atoms with E-state index in [0.717, 1.165) is 40.7 Å². The zero-order valence-corrected chi connectivity index (χ0v) is 12.6. The number of amides is 1. The van der Waals surface area contributed by atoms with E-state index in [2.05, 4.69) is 30.8 Å². The van der Waals surface area contributed by atoms with Crippen LogP contribution in [0.5, 0.6) is 0 Å². The van der Waals surface area contributed by atoms with Crippen molar-refractivity contribution >= 4 is 28.3 Å². The lowest BCUT2D eigenvalue weighted by atomic mass is 10.1. The number of carbonyl (C=O) groups is 1. The third-order valence-corrected chi connectivity index (χ3v) is 4.00. The number of fused-ring (bicyclic) bond motifs is 1. The van der Waals surface area contributed by atoms with Crippen LogP contribution in [0.4, 0.5) is 11.6 Å². The summed E-state index contributed by atoms with van der Waals surface area (Å²) in [4.78, 5) is 20.7. The number of H-pyrrole nitrogens is 1. The predicted octanol–water partition coefficient (Wildman–Crippen LogP) is 2.41. The van der Waals surface area contributed by atoms with Gasteiger partial charge in [-0.2, -0.15) is 5.10 Å². The van der Waals surface area contributed by atoms with Gasteiger partial charge in [-0.25, -0.2) is 9.97 Å². The van der Waals surface area contributed by atoms with E-state index in [1.807, 2.05) is 19.2 Å². The summed E-state index contributed by atoms with van der Waals surface area (Å²) in [7, 11) is 1.82. The normalized spacial score (nSPS) is 14.0. The van der Waals surface area contributed by atoms with E-state index < -0.39 is 0 Å². The van der Waals surface area contributed by atoms with Gasteiger partial charge in [0.25, 0.3) is 0 Å². The predicted molar refractivity (Wildman–Crippen MR) is 88.0 cm³/mol. The topological polar surface area (TPSA) is 95.6 Å². The minimum absolute atomic E-state index is 0.0443. The Morgan fingerprint density at radius 1 is 1.26 bits per heavy atom. The molecule has 3 heterocycles. The number of hydrogen-bond donors (Lipinski definition) is 3. The van der Waals surface area contributed by atoms with Gasteiger partial charge in [0.1, 0.15) is 11.6 Å². The van der Waals surface area contributed by atoms with Gasteiger partial charge >= 0.3 is 0 Å². The lowest BCUT2D eigenvalue weighted by Crippen LogP contribution is -2.14. The van der Waals surface area contributed by atoms with Crippen LogP contribution in [-0.4, -0.2) is 33.1 Å². The molecule has 1 fully saturated rings. The zero-order chi connectivity index (χ0) is 15.8. The molecule has 0 aromatic carbocycles. The minimum Gasteiger partial charge on any atom is -0.373 e. The summed E-state index contributed by atoms with van der Waals surface area (Å²) in [5.41, 5.74) is 1.79. The molecule has 3 aromatic heterocycles. The number of carbonyl (C=O) groups excluding carboxylic acids is 1. The fourth-order valence-corrected chi connectivity index (χ4v) is 2.60. The number of aromatic amines is 1. The SMILES string of the molecule is CNc1ncc(-c2ccn[nH]2)c2cc(NC(=O)C3CC3)ncc12. The van der Waals surface area contributed by atoms with Crippen LogP contribution in [-0.2, 0) is 4.79 Å². The van der Waals surface area contributed by atoms with Crippen molar-refractivity contribution < 1.29 is 4.79 Å². The van der Waals surface area contributed by atoms with Gasteiger partial charge in [0.05, 0.1) is 5.69 Å². The van der Waals surface area contributed by atoms with Crippen molar-refractivity contribution in [2.24, 2.45) is 5.92 Å². The maximum absolute atomic E-state index is 12.0. The Morgan fingerprint density at radius 2 is 2.13 bits per heavy atom. The average molecular weight is 308 g/mol. The third-order valence-electron chi connectivity index (χ3n) is 4.00. The molecule has 7 nitrogen and oxygen atoms in total. The zero-order valence-electron chi connectivity index (χ0n) is 12.6. The first-order valence-electron chi connectivity index (χ1n) is 7.53. The Hall–Kier alpha value is -2.96. The van der Waals surface area contributed by atoms with E-state index in [0.29, 0.717) is 5.82 Å². The van der Waals surface area contributed by atoms with Crippen LogP contribution in [0.15, 0.2) is 30.7 Å². The number of rotatable bonds is 4. The lowest BCUT2D eigenvalue weighted by molar-refractivity contribution is -0.117. The van der Waals surface area contributed by atoms with Gasteiger partial charge in [0.15, 0.2) is 0 Å². The smallest absolute Gasteiger partial charge is 0.228 e. The van der Waals surface area contributed by atoms with Crippen LogP contribution in [0, 0.1) is 5.92 Å². The van der Waals surface area contributed by atoms with Crippen LogP contribution in [0.2, 0.25) is 0 Å². The molecule has 7 heteroatoms. The van der Waals surface area contributed by atoms with Gasteiger partial charge < -0.3 is 10.6 Å². The van der Waals surface area contributed by atoms with E-state index in [-0.39, 0.29) is 11.8 Å². The second kappa shape index (κ2) is 5.35. The van der Waals surface area contributed by atoms with Crippen molar-refractivity contribution in [2.75, 3.05) is 17.7 Å². The number of nitrogens with one attached hydrogen (secondary N) is 3. The molecule has 1 amide bonds. The summed E-state index contributed by atoms with van der Waals surface area (Å²) >= 11 is 0. The van der Waals surface area contributed by atoms with Crippen LogP contribution >= 0.6 is 0 Å². The Kier molecular flexibility index (Phi) is 3.18. The van der Waals surface area contributed by atoms with E-state index in [4.69, 9.17) is 0 Å². The van der Waals surface area contributed by atoms with Gasteiger partial charge in [-0.1, -0.05) is 0 Å². The molecular weight excluding hydrogens is 292 g/mol. The number of pyridine rings is 2. The molecule has 0 bridgehead atoms. The number of aromatic nitrogens is 4. The van der Waals surface area contributed by atoms with Crippen LogP contribution in [0.3, 0.4) is 0 Å². The summed E-state index contributed by atoms with van der Waals surface area (Å²) in [6.45, 7) is 0. The summed E-state index contributed by atoms with van der Waals surface area (Å²) < 4.78 is 0. The highest BCUT2D eigenvalue weighted by molar-refractivity contribution is 6.03. The quantitative estimate of drug-likeness (QED) is 0.688. The van der Waals surface area contributed by atoms with E-state index in [1.54, 1.807) is 18.6 Å². The molecule has 0 saturated heterocycles. The fraction of sp³-hybridized carbons (Fsp3) is 0.250. The van der Waals surface area contributed by atoms with Crippen LogP contribution in [0.25, 0.3) is 22.0 Å². The first-order valence-corrected chi connectivity index (χ1v) is 7.53. The van der Waals surface area contributed by atoms with E-state index >= 15 is 0 Å². The van der Waals surface area contributed by atoms with Crippen molar-refractivity contribution in [3.05, 3.63) is 30.7 Å². The maximum Gasteiger partial charge on any atom is 0.228 e. The van der Waals surface area contributed by atoms with Gasteiger partial charge in [0.2, 0.25) is 5.91 Å². The Bertz CT molecular complexity index is 870. The second-order valence-electron chi connectivity index (χ2n) is 5.62. The minimum atomic E-state index is 0.0443. The molecule has 1 aliphatic rings. The van der Waals surface area contributed by atoms with Crippen LogP contribution < -0.4 is 10.6 Å². The van der Waals surface area contributed by atoms with Gasteiger partial charge in [-0.3, -0.25) is 9.89 Å². The van der Waals surface area contributed by atoms with Crippen molar-refractivity contribution in [1.29, 1.82) is 0 Å². The number of nitrogens with zero attached hydrogens (tertiary/aromatic N) is 3. The standard InChI is InChI=1S/C16H16N6O/c1-17-15-12-8-18-14(21-16(23)9-2-3-9)6-10(12)11(7-19-15)13-4-5-20-22-13/h4-9H,2-3H2,1H3,(H,17,19)(H,20,22)(H,18,21,23). The summed E-state index contributed by atoms with van der Waals surface area (Å²) in [6.07, 6.45) is 7.15. The highest BCUT2D eigenvalue weighted by Gasteiger charge is 2.29. The van der Waals surface area contributed by atoms with Gasteiger partial charge in [-0.05, 0) is 25.0 Å². The molecule has 23 heavy (non-hydrogen) atoms. The lowest BCUT2D eigenvalue weighted by Gasteiger charge is -2.11. The largest absolute Gasteiger partial charge is 0.373 e. The fourth-order valence-electron chi connectivity index (χ4n) is 2.60. The Labute approximate surface area is 132 Å². The highest BCUT2D eigenvalue weighted by Crippen LogP contribution is 2.33. The Balaban J connectivity index is 1.83. The Morgan fingerprint density at radius 3 is 2.83 bits per heavy atom. The van der Waals surface area contributed by atoms with E-state index in [9.17, 15) is 4.79 Å². The average Bonchev–Trinajstić information content (AvgIpc) is 3.29. The van der Waals surface area contributed by atoms with Crippen molar-refractivity contribution in [1.82, 2.24) is 20.2 Å². The molecule has 0 unspecified atom stereocenters. The monoisotopic (exact) mass is 308 g/mol. The first-order chi connectivity index (χ1) is 11.3. The van der Waals surface area contributed by atoms with Crippen molar-refractivity contribution in [2.45, 2.75) is 12.8 Å². The molecule has 0 radical (unpaired) electrons. The summed E-state index contributed by atoms with van der Waals surface area (Å²) in [5.74, 6) is 1.49. The molecule has 4 rings (SSSR count). The number of anilines is 2. The van der Waals surface area contributed by atoms with Gasteiger partial charge in [0, 0.05) is 47.9 Å². The molecule has 0 spiro atoms. The molecule has 116 valence electrons. The molecule has 1 aliphatic carbocycles. The highest BCUT2D eigenvalue weighted by atomic mass is 16.2. The molecular formula is C16H16N6O.